The highest BCUT2D eigenvalue weighted by Gasteiger charge is 2.28. The Bertz CT molecular complexity index is 404. The zero-order valence-corrected chi connectivity index (χ0v) is 11.7. The first kappa shape index (κ1) is 13.5. The number of halogens is 1. The molecule has 0 bridgehead atoms. The molecule has 4 nitrogen and oxygen atoms in total. The molecule has 0 saturated carbocycles. The molecule has 0 N–H and O–H groups in total. The molecule has 1 aliphatic heterocycles. The summed E-state index contributed by atoms with van der Waals surface area (Å²) in [6.45, 7) is 0.441. The van der Waals surface area contributed by atoms with Gasteiger partial charge in [0.05, 0.1) is 26.2 Å². The van der Waals surface area contributed by atoms with Crippen molar-refractivity contribution in [3.05, 3.63) is 34.3 Å². The smallest absolute Gasteiger partial charge is 0.308 e. The zero-order valence-electron chi connectivity index (χ0n) is 10.1. The second-order valence-corrected chi connectivity index (χ2v) is 5.05. The summed E-state index contributed by atoms with van der Waals surface area (Å²) in [5.41, 5.74) is 1.14. The van der Waals surface area contributed by atoms with E-state index < -0.39 is 0 Å². The number of hydrogen-bond donors (Lipinski definition) is 0. The predicted octanol–water partition coefficient (Wildman–Crippen LogP) is 2.30. The Balaban J connectivity index is 1.82. The molecule has 1 aromatic rings. The standard InChI is InChI=1S/C13H15BrO4/c1-16-12(15)7-11-8-17-13(18-11)6-9-2-4-10(14)5-3-9/h2-5,11,13H,6-8H2,1H3. The second-order valence-electron chi connectivity index (χ2n) is 4.13. The van der Waals surface area contributed by atoms with E-state index in [1.165, 1.54) is 7.11 Å². The quantitative estimate of drug-likeness (QED) is 0.800. The Morgan fingerprint density at radius 2 is 2.17 bits per heavy atom. The first-order valence-electron chi connectivity index (χ1n) is 5.75. The Kier molecular flexibility index (Phi) is 4.74. The molecule has 0 spiro atoms. The number of methoxy groups -OCH3 is 1. The van der Waals surface area contributed by atoms with E-state index in [4.69, 9.17) is 9.47 Å². The van der Waals surface area contributed by atoms with Gasteiger partial charge in [-0.3, -0.25) is 4.79 Å². The Morgan fingerprint density at radius 1 is 1.44 bits per heavy atom. The van der Waals surface area contributed by atoms with Gasteiger partial charge in [0.25, 0.3) is 0 Å². The lowest BCUT2D eigenvalue weighted by atomic mass is 10.1. The van der Waals surface area contributed by atoms with Crippen molar-refractivity contribution in [3.8, 4) is 0 Å². The molecular formula is C13H15BrO4. The summed E-state index contributed by atoms with van der Waals surface area (Å²) in [7, 11) is 1.37. The molecule has 1 fully saturated rings. The second kappa shape index (κ2) is 6.31. The van der Waals surface area contributed by atoms with Crippen molar-refractivity contribution in [1.82, 2.24) is 0 Å². The fourth-order valence-corrected chi connectivity index (χ4v) is 2.07. The molecule has 1 heterocycles. The minimum absolute atomic E-state index is 0.196. The molecule has 1 saturated heterocycles. The maximum atomic E-state index is 11.1. The van der Waals surface area contributed by atoms with Crippen molar-refractivity contribution in [2.75, 3.05) is 13.7 Å². The van der Waals surface area contributed by atoms with E-state index >= 15 is 0 Å². The van der Waals surface area contributed by atoms with Gasteiger partial charge in [0.1, 0.15) is 0 Å². The molecule has 2 atom stereocenters. The van der Waals surface area contributed by atoms with Gasteiger partial charge >= 0.3 is 5.97 Å². The molecule has 0 aliphatic carbocycles. The van der Waals surface area contributed by atoms with E-state index in [2.05, 4.69) is 20.7 Å². The lowest BCUT2D eigenvalue weighted by molar-refractivity contribution is -0.143. The topological polar surface area (TPSA) is 44.8 Å². The van der Waals surface area contributed by atoms with Crippen LogP contribution in [0, 0.1) is 0 Å². The summed E-state index contributed by atoms with van der Waals surface area (Å²) in [5, 5.41) is 0. The van der Waals surface area contributed by atoms with Crippen molar-refractivity contribution in [1.29, 1.82) is 0 Å². The molecule has 0 aromatic heterocycles. The van der Waals surface area contributed by atoms with Gasteiger partial charge in [0.15, 0.2) is 6.29 Å². The minimum Gasteiger partial charge on any atom is -0.469 e. The van der Waals surface area contributed by atoms with Crippen molar-refractivity contribution in [3.63, 3.8) is 0 Å². The number of hydrogen-bond acceptors (Lipinski definition) is 4. The largest absolute Gasteiger partial charge is 0.469 e. The van der Waals surface area contributed by atoms with Gasteiger partial charge in [-0.15, -0.1) is 0 Å². The summed E-state index contributed by atoms with van der Waals surface area (Å²) >= 11 is 3.39. The van der Waals surface area contributed by atoms with E-state index in [0.29, 0.717) is 13.0 Å². The summed E-state index contributed by atoms with van der Waals surface area (Å²) in [5.74, 6) is -0.270. The fraction of sp³-hybridized carbons (Fsp3) is 0.462. The van der Waals surface area contributed by atoms with Crippen molar-refractivity contribution >= 4 is 21.9 Å². The van der Waals surface area contributed by atoms with Crippen LogP contribution in [0.3, 0.4) is 0 Å². The van der Waals surface area contributed by atoms with Crippen molar-refractivity contribution in [2.24, 2.45) is 0 Å². The highest BCUT2D eigenvalue weighted by Crippen LogP contribution is 2.19. The average Bonchev–Trinajstić information content (AvgIpc) is 2.79. The van der Waals surface area contributed by atoms with E-state index in [-0.39, 0.29) is 24.8 Å². The Hall–Kier alpha value is -0.910. The van der Waals surface area contributed by atoms with Crippen LogP contribution in [0.15, 0.2) is 28.7 Å². The van der Waals surface area contributed by atoms with Gasteiger partial charge in [-0.1, -0.05) is 28.1 Å². The number of rotatable bonds is 4. The average molecular weight is 315 g/mol. The summed E-state index contributed by atoms with van der Waals surface area (Å²) in [4.78, 5) is 11.1. The molecular weight excluding hydrogens is 300 g/mol. The predicted molar refractivity (Wildman–Crippen MR) is 69.1 cm³/mol. The van der Waals surface area contributed by atoms with E-state index in [9.17, 15) is 4.79 Å². The molecule has 98 valence electrons. The maximum absolute atomic E-state index is 11.1. The number of carbonyl (C=O) groups is 1. The molecule has 1 aliphatic rings. The SMILES string of the molecule is COC(=O)CC1COC(Cc2ccc(Br)cc2)O1. The van der Waals surface area contributed by atoms with Crippen LogP contribution >= 0.6 is 15.9 Å². The van der Waals surface area contributed by atoms with Gasteiger partial charge in [-0.2, -0.15) is 0 Å². The molecule has 0 radical (unpaired) electrons. The number of esters is 1. The highest BCUT2D eigenvalue weighted by molar-refractivity contribution is 9.10. The molecule has 2 unspecified atom stereocenters. The normalized spacial score (nSPS) is 23.0. The van der Waals surface area contributed by atoms with Gasteiger partial charge in [0.2, 0.25) is 0 Å². The lowest BCUT2D eigenvalue weighted by Gasteiger charge is -2.11. The number of carbonyl (C=O) groups excluding carboxylic acids is 1. The van der Waals surface area contributed by atoms with Crippen LogP contribution in [0.25, 0.3) is 0 Å². The number of benzene rings is 1. The lowest BCUT2D eigenvalue weighted by Crippen LogP contribution is -2.18. The van der Waals surface area contributed by atoms with E-state index in [1.807, 2.05) is 24.3 Å². The van der Waals surface area contributed by atoms with Crippen LogP contribution < -0.4 is 0 Å². The summed E-state index contributed by atoms with van der Waals surface area (Å²) in [6.07, 6.45) is 0.455. The van der Waals surface area contributed by atoms with Crippen LogP contribution in [-0.4, -0.2) is 32.1 Å². The van der Waals surface area contributed by atoms with Crippen LogP contribution in [0.4, 0.5) is 0 Å². The Morgan fingerprint density at radius 3 is 2.83 bits per heavy atom. The number of ether oxygens (including phenoxy) is 3. The fourth-order valence-electron chi connectivity index (χ4n) is 1.80. The van der Waals surface area contributed by atoms with Gasteiger partial charge in [-0.25, -0.2) is 0 Å². The van der Waals surface area contributed by atoms with Crippen LogP contribution in [0.2, 0.25) is 0 Å². The third-order valence-electron chi connectivity index (χ3n) is 2.75. The monoisotopic (exact) mass is 314 g/mol. The summed E-state index contributed by atoms with van der Waals surface area (Å²) < 4.78 is 16.8. The van der Waals surface area contributed by atoms with Crippen LogP contribution in [0.1, 0.15) is 12.0 Å². The highest BCUT2D eigenvalue weighted by atomic mass is 79.9. The van der Waals surface area contributed by atoms with E-state index in [0.717, 1.165) is 10.0 Å². The Labute approximate surface area is 114 Å². The summed E-state index contributed by atoms with van der Waals surface area (Å²) in [6, 6.07) is 8.00. The van der Waals surface area contributed by atoms with Gasteiger partial charge in [0, 0.05) is 10.9 Å². The van der Waals surface area contributed by atoms with Gasteiger partial charge in [-0.05, 0) is 17.7 Å². The third kappa shape index (κ3) is 3.80. The van der Waals surface area contributed by atoms with Crippen LogP contribution in [-0.2, 0) is 25.4 Å². The van der Waals surface area contributed by atoms with Crippen molar-refractivity contribution < 1.29 is 19.0 Å². The first-order valence-corrected chi connectivity index (χ1v) is 6.55. The zero-order chi connectivity index (χ0) is 13.0. The third-order valence-corrected chi connectivity index (χ3v) is 3.28. The van der Waals surface area contributed by atoms with Crippen LogP contribution in [0.5, 0.6) is 0 Å². The molecule has 2 rings (SSSR count). The molecule has 1 aromatic carbocycles. The maximum Gasteiger partial charge on any atom is 0.308 e. The van der Waals surface area contributed by atoms with Gasteiger partial charge < -0.3 is 14.2 Å². The molecule has 5 heteroatoms. The van der Waals surface area contributed by atoms with Crippen molar-refractivity contribution in [2.45, 2.75) is 25.2 Å². The first-order chi connectivity index (χ1) is 8.67. The van der Waals surface area contributed by atoms with E-state index in [1.54, 1.807) is 0 Å². The molecule has 18 heavy (non-hydrogen) atoms. The molecule has 0 amide bonds. The minimum atomic E-state index is -0.277.